The van der Waals surface area contributed by atoms with Crippen LogP contribution < -0.4 is 10.1 Å². The van der Waals surface area contributed by atoms with Gasteiger partial charge < -0.3 is 10.1 Å². The van der Waals surface area contributed by atoms with E-state index in [0.717, 1.165) is 23.9 Å². The first-order valence-corrected chi connectivity index (χ1v) is 11.0. The molecule has 1 heterocycles. The van der Waals surface area contributed by atoms with E-state index in [9.17, 15) is 22.0 Å². The van der Waals surface area contributed by atoms with E-state index >= 15 is 0 Å². The van der Waals surface area contributed by atoms with E-state index in [1.54, 1.807) is 30.3 Å². The van der Waals surface area contributed by atoms with Crippen LogP contribution >= 0.6 is 0 Å². The molecular weight excluding hydrogens is 416 g/mol. The first-order chi connectivity index (χ1) is 14.4. The highest BCUT2D eigenvalue weighted by atomic mass is 32.2. The third kappa shape index (κ3) is 6.06. The summed E-state index contributed by atoms with van der Waals surface area (Å²) in [5.74, 6) is -5.47. The molecule has 30 heavy (non-hydrogen) atoms. The molecule has 1 atom stereocenters. The second-order valence-corrected chi connectivity index (χ2v) is 8.96. The number of nitrogens with zero attached hydrogens (tertiary/aromatic N) is 2. The third-order valence-electron chi connectivity index (χ3n) is 4.12. The Morgan fingerprint density at radius 2 is 2.03 bits per heavy atom. The predicted molar refractivity (Wildman–Crippen MR) is 106 cm³/mol. The molecule has 160 valence electrons. The van der Waals surface area contributed by atoms with Crippen molar-refractivity contribution < 1.29 is 28.1 Å². The van der Waals surface area contributed by atoms with E-state index in [2.05, 4.69) is 15.3 Å². The van der Waals surface area contributed by atoms with Crippen LogP contribution in [0.2, 0.25) is 0 Å². The Morgan fingerprint density at radius 3 is 2.60 bits per heavy atom. The Balaban J connectivity index is 1.96. The fourth-order valence-electron chi connectivity index (χ4n) is 2.48. The Bertz CT molecular complexity index is 1100. The summed E-state index contributed by atoms with van der Waals surface area (Å²) in [6.45, 7) is 0.617. The van der Waals surface area contributed by atoms with Crippen molar-refractivity contribution in [3.05, 3.63) is 59.4 Å². The molecule has 1 fully saturated rings. The number of para-hydroxylation sites is 1. The molecule has 1 aromatic carbocycles. The van der Waals surface area contributed by atoms with Crippen molar-refractivity contribution in [1.29, 1.82) is 0 Å². The Morgan fingerprint density at radius 1 is 1.37 bits per heavy atom. The zero-order valence-electron chi connectivity index (χ0n) is 17.3. The number of ether oxygens (including phenoxy) is 1. The lowest BCUT2D eigenvalue weighted by Gasteiger charge is -2.17. The van der Waals surface area contributed by atoms with Crippen LogP contribution in [-0.2, 0) is 15.8 Å². The largest absolute Gasteiger partial charge is 0.438 e. The zero-order valence-corrected chi connectivity index (χ0v) is 17.1. The van der Waals surface area contributed by atoms with Crippen LogP contribution in [0, 0.1) is 5.92 Å². The summed E-state index contributed by atoms with van der Waals surface area (Å²) in [5, 5.41) is 3.32. The molecule has 1 aromatic heterocycles. The predicted octanol–water partition coefficient (Wildman–Crippen LogP) is 3.45. The van der Waals surface area contributed by atoms with Crippen LogP contribution in [0.25, 0.3) is 0 Å². The number of nitrogens with one attached hydrogen (secondary N) is 1. The maximum atomic E-state index is 13.7. The van der Waals surface area contributed by atoms with Gasteiger partial charge in [-0.25, -0.2) is 13.4 Å². The number of alkyl halides is 2. The van der Waals surface area contributed by atoms with Crippen LogP contribution in [0.15, 0.2) is 48.0 Å². The topological polar surface area (TPSA) is 98.2 Å². The smallest absolute Gasteiger partial charge is 0.303 e. The number of hydrogen-bond donors (Lipinski definition) is 1. The minimum atomic E-state index is -3.52. The van der Waals surface area contributed by atoms with Gasteiger partial charge in [-0.05, 0) is 30.9 Å². The van der Waals surface area contributed by atoms with Crippen molar-refractivity contribution in [3.63, 3.8) is 0 Å². The molecule has 2 aromatic rings. The molecule has 1 unspecified atom stereocenters. The number of hydrogen-bond acceptors (Lipinski definition) is 6. The van der Waals surface area contributed by atoms with Gasteiger partial charge in [-0.15, -0.1) is 0 Å². The Kier molecular flexibility index (Phi) is 5.76. The van der Waals surface area contributed by atoms with E-state index in [1.165, 1.54) is 0 Å². The molecule has 1 saturated carbocycles. The lowest BCUT2D eigenvalue weighted by atomic mass is 10.1. The van der Waals surface area contributed by atoms with Gasteiger partial charge in [-0.3, -0.25) is 4.79 Å². The maximum Gasteiger partial charge on any atom is 0.303 e. The summed E-state index contributed by atoms with van der Waals surface area (Å²) >= 11 is 0. The first-order valence-electron chi connectivity index (χ1n) is 9.57. The summed E-state index contributed by atoms with van der Waals surface area (Å²) < 4.78 is 64.5. The van der Waals surface area contributed by atoms with Gasteiger partial charge in [0.05, 0.1) is 7.39 Å². The number of aromatic nitrogens is 2. The summed E-state index contributed by atoms with van der Waals surface area (Å²) in [5.41, 5.74) is -0.262. The lowest BCUT2D eigenvalue weighted by Crippen LogP contribution is -2.35. The fourth-order valence-corrected chi connectivity index (χ4v) is 2.87. The molecule has 3 rings (SSSR count). The minimum Gasteiger partial charge on any atom is -0.438 e. The third-order valence-corrected chi connectivity index (χ3v) is 4.75. The lowest BCUT2D eigenvalue weighted by molar-refractivity contribution is 0.00707. The molecule has 10 heteroatoms. The summed E-state index contributed by atoms with van der Waals surface area (Å²) in [7, 11) is -3.52. The number of amides is 1. The Labute approximate surface area is 174 Å². The summed E-state index contributed by atoms with van der Waals surface area (Å²) in [6, 6.07) is 6.46. The summed E-state index contributed by atoms with van der Waals surface area (Å²) in [4.78, 5) is 20.2. The monoisotopic (exact) mass is 438 g/mol. The van der Waals surface area contributed by atoms with Crippen molar-refractivity contribution in [2.24, 2.45) is 5.92 Å². The number of sulfone groups is 1. The highest BCUT2D eigenvalue weighted by Crippen LogP contribution is 2.34. The van der Waals surface area contributed by atoms with Gasteiger partial charge in [0, 0.05) is 24.8 Å². The van der Waals surface area contributed by atoms with Crippen LogP contribution in [0.5, 0.6) is 11.6 Å². The molecule has 1 aliphatic carbocycles. The standard InChI is InChI=1S/C20H21F2N3O4S/c1-20(21,22)19-23-12-15(18(25-19)29-14-6-4-3-5-7-14)17(26)24-16(13-8-9-13)10-11-30(2,27)28/h3-7,10-13,16H,8-9H2,1-2H3,(H,24,26)/i16D. The molecule has 1 aliphatic rings. The van der Waals surface area contributed by atoms with E-state index in [-0.39, 0.29) is 17.2 Å². The normalized spacial score (nSPS) is 17.3. The van der Waals surface area contributed by atoms with Gasteiger partial charge >= 0.3 is 5.92 Å². The molecule has 7 nitrogen and oxygen atoms in total. The maximum absolute atomic E-state index is 13.7. The minimum absolute atomic E-state index is 0.261. The molecule has 0 radical (unpaired) electrons. The van der Waals surface area contributed by atoms with Crippen molar-refractivity contribution in [1.82, 2.24) is 15.3 Å². The van der Waals surface area contributed by atoms with Crippen LogP contribution in [0.4, 0.5) is 8.78 Å². The molecule has 0 aliphatic heterocycles. The highest BCUT2D eigenvalue weighted by Gasteiger charge is 2.33. The average molecular weight is 438 g/mol. The van der Waals surface area contributed by atoms with Crippen molar-refractivity contribution in [2.45, 2.75) is 31.7 Å². The molecule has 1 amide bonds. The number of rotatable bonds is 8. The fraction of sp³-hybridized carbons (Fsp3) is 0.350. The number of carbonyl (C=O) groups is 1. The number of benzene rings is 1. The van der Waals surface area contributed by atoms with Gasteiger partial charge in [0.25, 0.3) is 5.91 Å². The highest BCUT2D eigenvalue weighted by molar-refractivity contribution is 7.93. The molecular formula is C20H21F2N3O4S. The zero-order chi connectivity index (χ0) is 22.9. The Hall–Kier alpha value is -2.88. The first kappa shape index (κ1) is 20.4. The van der Waals surface area contributed by atoms with Gasteiger partial charge in [0.2, 0.25) is 11.7 Å². The SMILES string of the molecule is [2H]C(C=CS(C)(=O)=O)(NC(=O)c1cnc(C(C)(F)F)nc1Oc1ccccc1)C1CC1. The van der Waals surface area contributed by atoms with E-state index < -0.39 is 39.4 Å². The van der Waals surface area contributed by atoms with Crippen molar-refractivity contribution >= 4 is 15.7 Å². The van der Waals surface area contributed by atoms with E-state index in [0.29, 0.717) is 19.8 Å². The second-order valence-electron chi connectivity index (χ2n) is 7.03. The van der Waals surface area contributed by atoms with Gasteiger partial charge in [-0.2, -0.15) is 13.8 Å². The molecule has 0 saturated heterocycles. The molecule has 1 N–H and O–H groups in total. The van der Waals surface area contributed by atoms with Gasteiger partial charge in [-0.1, -0.05) is 24.3 Å². The second kappa shape index (κ2) is 8.47. The molecule has 0 bridgehead atoms. The van der Waals surface area contributed by atoms with E-state index in [4.69, 9.17) is 6.11 Å². The van der Waals surface area contributed by atoms with Crippen molar-refractivity contribution in [3.8, 4) is 11.6 Å². The summed E-state index contributed by atoms with van der Waals surface area (Å²) in [6.07, 6.45) is 4.24. The average Bonchev–Trinajstić information content (AvgIpc) is 3.52. The molecule has 0 spiro atoms. The quantitative estimate of drug-likeness (QED) is 0.678. The van der Waals surface area contributed by atoms with Crippen molar-refractivity contribution in [2.75, 3.05) is 6.26 Å². The van der Waals surface area contributed by atoms with Gasteiger partial charge in [0.15, 0.2) is 9.84 Å². The van der Waals surface area contributed by atoms with Gasteiger partial charge in [0.1, 0.15) is 11.3 Å². The van der Waals surface area contributed by atoms with Crippen LogP contribution in [-0.4, -0.2) is 36.6 Å². The number of halogens is 2. The van der Waals surface area contributed by atoms with E-state index in [1.807, 2.05) is 0 Å². The van der Waals surface area contributed by atoms with Crippen LogP contribution in [0.1, 0.15) is 37.3 Å². The number of carbonyl (C=O) groups excluding carboxylic acids is 1. The van der Waals surface area contributed by atoms with Crippen LogP contribution in [0.3, 0.4) is 0 Å².